The summed E-state index contributed by atoms with van der Waals surface area (Å²) in [5.41, 5.74) is 0.830. The molecule has 1 unspecified atom stereocenters. The predicted octanol–water partition coefficient (Wildman–Crippen LogP) is 2.49. The Balaban J connectivity index is 2.54. The predicted molar refractivity (Wildman–Crippen MR) is 77.1 cm³/mol. The van der Waals surface area contributed by atoms with Crippen LogP contribution in [0.4, 0.5) is 5.95 Å². The first-order chi connectivity index (χ1) is 9.36. The second kappa shape index (κ2) is 7.67. The number of aromatic nitrogens is 2. The van der Waals surface area contributed by atoms with Crippen LogP contribution < -0.4 is 10.1 Å². The fraction of sp³-hybridized carbons (Fsp3) is 0.643. The SMILES string of the molecule is Cc1cc(OC(C)C)nc(NCC(C)CCC(=O)O)n1. The van der Waals surface area contributed by atoms with Gasteiger partial charge in [0.1, 0.15) is 0 Å². The largest absolute Gasteiger partial charge is 0.481 e. The van der Waals surface area contributed by atoms with Crippen LogP contribution in [0.2, 0.25) is 0 Å². The number of carbonyl (C=O) groups is 1. The molecule has 6 nitrogen and oxygen atoms in total. The second-order valence-corrected chi connectivity index (χ2v) is 5.26. The van der Waals surface area contributed by atoms with Crippen molar-refractivity contribution in [1.82, 2.24) is 9.97 Å². The second-order valence-electron chi connectivity index (χ2n) is 5.26. The monoisotopic (exact) mass is 281 g/mol. The lowest BCUT2D eigenvalue weighted by Gasteiger charge is -2.14. The maximum atomic E-state index is 10.5. The first-order valence-electron chi connectivity index (χ1n) is 6.84. The van der Waals surface area contributed by atoms with Crippen LogP contribution in [0, 0.1) is 12.8 Å². The molecule has 6 heteroatoms. The molecule has 0 fully saturated rings. The molecule has 0 spiro atoms. The molecule has 0 radical (unpaired) electrons. The Morgan fingerprint density at radius 2 is 2.10 bits per heavy atom. The zero-order chi connectivity index (χ0) is 15.1. The summed E-state index contributed by atoms with van der Waals surface area (Å²) in [4.78, 5) is 19.1. The van der Waals surface area contributed by atoms with Crippen molar-refractivity contribution in [1.29, 1.82) is 0 Å². The van der Waals surface area contributed by atoms with Crippen molar-refractivity contribution in [2.45, 2.75) is 46.6 Å². The Morgan fingerprint density at radius 1 is 1.40 bits per heavy atom. The normalized spacial score (nSPS) is 12.2. The lowest BCUT2D eigenvalue weighted by Crippen LogP contribution is -2.15. The van der Waals surface area contributed by atoms with Gasteiger partial charge in [0.15, 0.2) is 0 Å². The summed E-state index contributed by atoms with van der Waals surface area (Å²) in [5, 5.41) is 11.8. The standard InChI is InChI=1S/C14H23N3O3/c1-9(2)20-12-7-11(4)16-14(17-12)15-8-10(3)5-6-13(18)19/h7,9-10H,5-6,8H2,1-4H3,(H,18,19)(H,15,16,17). The van der Waals surface area contributed by atoms with Crippen LogP contribution in [-0.4, -0.2) is 33.7 Å². The topological polar surface area (TPSA) is 84.3 Å². The molecule has 20 heavy (non-hydrogen) atoms. The molecular weight excluding hydrogens is 258 g/mol. The lowest BCUT2D eigenvalue weighted by molar-refractivity contribution is -0.137. The Hall–Kier alpha value is -1.85. The fourth-order valence-electron chi connectivity index (χ4n) is 1.66. The number of nitrogens with zero attached hydrogens (tertiary/aromatic N) is 2. The average molecular weight is 281 g/mol. The molecule has 1 heterocycles. The van der Waals surface area contributed by atoms with Crippen molar-refractivity contribution in [3.05, 3.63) is 11.8 Å². The van der Waals surface area contributed by atoms with Crippen LogP contribution in [-0.2, 0) is 4.79 Å². The minimum Gasteiger partial charge on any atom is -0.481 e. The molecule has 1 rings (SSSR count). The summed E-state index contributed by atoms with van der Waals surface area (Å²) in [6, 6.07) is 1.79. The number of nitrogens with one attached hydrogen (secondary N) is 1. The van der Waals surface area contributed by atoms with Crippen LogP contribution >= 0.6 is 0 Å². The van der Waals surface area contributed by atoms with Crippen molar-refractivity contribution in [3.8, 4) is 5.88 Å². The van der Waals surface area contributed by atoms with Gasteiger partial charge in [-0.3, -0.25) is 4.79 Å². The van der Waals surface area contributed by atoms with Crippen molar-refractivity contribution < 1.29 is 14.6 Å². The van der Waals surface area contributed by atoms with Crippen molar-refractivity contribution >= 4 is 11.9 Å². The number of anilines is 1. The molecule has 0 aliphatic carbocycles. The van der Waals surface area contributed by atoms with E-state index in [1.807, 2.05) is 27.7 Å². The van der Waals surface area contributed by atoms with E-state index in [1.165, 1.54) is 0 Å². The van der Waals surface area contributed by atoms with E-state index in [0.717, 1.165) is 5.69 Å². The van der Waals surface area contributed by atoms with Gasteiger partial charge in [-0.2, -0.15) is 4.98 Å². The zero-order valence-electron chi connectivity index (χ0n) is 12.5. The molecule has 0 aliphatic rings. The molecule has 0 bridgehead atoms. The van der Waals surface area contributed by atoms with E-state index in [9.17, 15) is 4.79 Å². The van der Waals surface area contributed by atoms with Crippen LogP contribution in [0.1, 0.15) is 39.3 Å². The number of rotatable bonds is 8. The Morgan fingerprint density at radius 3 is 2.70 bits per heavy atom. The molecule has 0 saturated carbocycles. The van der Waals surface area contributed by atoms with Crippen LogP contribution in [0.3, 0.4) is 0 Å². The van der Waals surface area contributed by atoms with Crippen LogP contribution in [0.25, 0.3) is 0 Å². The molecule has 112 valence electrons. The summed E-state index contributed by atoms with van der Waals surface area (Å²) in [6.45, 7) is 8.40. The molecular formula is C14H23N3O3. The van der Waals surface area contributed by atoms with Crippen LogP contribution in [0.15, 0.2) is 6.07 Å². The van der Waals surface area contributed by atoms with Gasteiger partial charge in [0.2, 0.25) is 11.8 Å². The van der Waals surface area contributed by atoms with Crippen molar-refractivity contribution in [2.75, 3.05) is 11.9 Å². The molecule has 2 N–H and O–H groups in total. The number of ether oxygens (including phenoxy) is 1. The number of hydrogen-bond acceptors (Lipinski definition) is 5. The molecule has 1 aromatic heterocycles. The van der Waals surface area contributed by atoms with E-state index in [2.05, 4.69) is 15.3 Å². The summed E-state index contributed by atoms with van der Waals surface area (Å²) in [6.07, 6.45) is 0.870. The lowest BCUT2D eigenvalue weighted by atomic mass is 10.1. The number of carboxylic acid groups (broad SMARTS) is 1. The first-order valence-corrected chi connectivity index (χ1v) is 6.84. The fourth-order valence-corrected chi connectivity index (χ4v) is 1.66. The molecule has 0 saturated heterocycles. The van der Waals surface area contributed by atoms with Gasteiger partial charge in [-0.25, -0.2) is 4.98 Å². The highest BCUT2D eigenvalue weighted by molar-refractivity contribution is 5.66. The van der Waals surface area contributed by atoms with E-state index in [-0.39, 0.29) is 18.4 Å². The molecule has 0 aliphatic heterocycles. The van der Waals surface area contributed by atoms with Crippen molar-refractivity contribution in [2.24, 2.45) is 5.92 Å². The third-order valence-corrected chi connectivity index (χ3v) is 2.65. The highest BCUT2D eigenvalue weighted by Crippen LogP contribution is 2.14. The van der Waals surface area contributed by atoms with Gasteiger partial charge in [0.25, 0.3) is 0 Å². The molecule has 1 atom stereocenters. The van der Waals surface area contributed by atoms with Crippen molar-refractivity contribution in [3.63, 3.8) is 0 Å². The number of aliphatic carboxylic acids is 1. The highest BCUT2D eigenvalue weighted by Gasteiger charge is 2.08. The zero-order valence-corrected chi connectivity index (χ0v) is 12.5. The molecule has 0 aromatic carbocycles. The average Bonchev–Trinajstić information content (AvgIpc) is 2.32. The summed E-state index contributed by atoms with van der Waals surface area (Å²) in [7, 11) is 0. The van der Waals surface area contributed by atoms with Gasteiger partial charge in [0.05, 0.1) is 6.10 Å². The highest BCUT2D eigenvalue weighted by atomic mass is 16.5. The Bertz CT molecular complexity index is 449. The van der Waals surface area contributed by atoms with E-state index < -0.39 is 5.97 Å². The quantitative estimate of drug-likeness (QED) is 0.761. The minimum absolute atomic E-state index is 0.0617. The smallest absolute Gasteiger partial charge is 0.303 e. The summed E-state index contributed by atoms with van der Waals surface area (Å²) >= 11 is 0. The van der Waals surface area contributed by atoms with Gasteiger partial charge >= 0.3 is 5.97 Å². The van der Waals surface area contributed by atoms with Gasteiger partial charge in [0, 0.05) is 24.7 Å². The Kier molecular flexibility index (Phi) is 6.21. The number of hydrogen-bond donors (Lipinski definition) is 2. The maximum absolute atomic E-state index is 10.5. The third kappa shape index (κ3) is 6.36. The summed E-state index contributed by atoms with van der Waals surface area (Å²) < 4.78 is 5.55. The van der Waals surface area contributed by atoms with E-state index in [1.54, 1.807) is 6.07 Å². The van der Waals surface area contributed by atoms with E-state index in [4.69, 9.17) is 9.84 Å². The van der Waals surface area contributed by atoms with Gasteiger partial charge in [-0.1, -0.05) is 6.92 Å². The molecule has 0 amide bonds. The van der Waals surface area contributed by atoms with E-state index >= 15 is 0 Å². The number of aryl methyl sites for hydroxylation is 1. The third-order valence-electron chi connectivity index (χ3n) is 2.65. The van der Waals surface area contributed by atoms with Gasteiger partial charge in [-0.05, 0) is 33.1 Å². The number of carboxylic acids is 1. The molecule has 1 aromatic rings. The maximum Gasteiger partial charge on any atom is 0.303 e. The summed E-state index contributed by atoms with van der Waals surface area (Å²) in [5.74, 6) is 0.539. The van der Waals surface area contributed by atoms with Crippen LogP contribution in [0.5, 0.6) is 5.88 Å². The Labute approximate surface area is 119 Å². The van der Waals surface area contributed by atoms with Gasteiger partial charge < -0.3 is 15.2 Å². The first kappa shape index (κ1) is 16.2. The van der Waals surface area contributed by atoms with Gasteiger partial charge in [-0.15, -0.1) is 0 Å². The van der Waals surface area contributed by atoms with E-state index in [0.29, 0.717) is 24.8 Å². The minimum atomic E-state index is -0.767.